The summed E-state index contributed by atoms with van der Waals surface area (Å²) in [6, 6.07) is 12.5. The van der Waals surface area contributed by atoms with Gasteiger partial charge in [0, 0.05) is 31.4 Å². The summed E-state index contributed by atoms with van der Waals surface area (Å²) in [7, 11) is 3.61. The van der Waals surface area contributed by atoms with Crippen LogP contribution in [0.1, 0.15) is 11.1 Å². The molecule has 0 bridgehead atoms. The van der Waals surface area contributed by atoms with Crippen LogP contribution in [0.2, 0.25) is 0 Å². The summed E-state index contributed by atoms with van der Waals surface area (Å²) in [5, 5.41) is 0. The van der Waals surface area contributed by atoms with Gasteiger partial charge in [-0.15, -0.1) is 0 Å². The second-order valence-electron chi connectivity index (χ2n) is 4.65. The fourth-order valence-electron chi connectivity index (χ4n) is 2.26. The van der Waals surface area contributed by atoms with E-state index in [1.54, 1.807) is 13.2 Å². The van der Waals surface area contributed by atoms with E-state index < -0.39 is 0 Å². The van der Waals surface area contributed by atoms with E-state index in [2.05, 4.69) is 0 Å². The second kappa shape index (κ2) is 6.39. The lowest BCUT2D eigenvalue weighted by Crippen LogP contribution is -2.19. The molecule has 4 heteroatoms. The van der Waals surface area contributed by atoms with E-state index in [0.717, 1.165) is 22.6 Å². The molecule has 0 aliphatic heterocycles. The van der Waals surface area contributed by atoms with Gasteiger partial charge >= 0.3 is 0 Å². The highest BCUT2D eigenvalue weighted by Crippen LogP contribution is 2.25. The van der Waals surface area contributed by atoms with Gasteiger partial charge in [-0.05, 0) is 29.8 Å². The highest BCUT2D eigenvalue weighted by atomic mass is 19.1. The minimum absolute atomic E-state index is 0.264. The van der Waals surface area contributed by atoms with E-state index >= 15 is 0 Å². The molecule has 0 heterocycles. The Morgan fingerprint density at radius 3 is 2.60 bits per heavy atom. The molecule has 0 spiro atoms. The van der Waals surface area contributed by atoms with Gasteiger partial charge in [-0.3, -0.25) is 0 Å². The number of hydrogen-bond donors (Lipinski definition) is 1. The Morgan fingerprint density at radius 2 is 1.90 bits per heavy atom. The SMILES string of the molecule is COc1ccccc1CN(C)c1ccc(F)cc1CN. The molecule has 106 valence electrons. The molecule has 2 aromatic carbocycles. The molecule has 2 aromatic rings. The van der Waals surface area contributed by atoms with E-state index in [-0.39, 0.29) is 5.82 Å². The number of nitrogens with two attached hydrogens (primary N) is 1. The highest BCUT2D eigenvalue weighted by Gasteiger charge is 2.10. The van der Waals surface area contributed by atoms with Crippen molar-refractivity contribution in [2.75, 3.05) is 19.1 Å². The van der Waals surface area contributed by atoms with Crippen LogP contribution in [0.5, 0.6) is 5.75 Å². The molecule has 20 heavy (non-hydrogen) atoms. The fraction of sp³-hybridized carbons (Fsp3) is 0.250. The van der Waals surface area contributed by atoms with Crippen LogP contribution in [0.3, 0.4) is 0 Å². The van der Waals surface area contributed by atoms with Gasteiger partial charge in [0.05, 0.1) is 7.11 Å². The summed E-state index contributed by atoms with van der Waals surface area (Å²) in [6.45, 7) is 0.978. The average Bonchev–Trinajstić information content (AvgIpc) is 2.47. The van der Waals surface area contributed by atoms with Crippen LogP contribution in [0, 0.1) is 5.82 Å². The zero-order valence-corrected chi connectivity index (χ0v) is 11.8. The van der Waals surface area contributed by atoms with Crippen molar-refractivity contribution in [2.45, 2.75) is 13.1 Å². The number of para-hydroxylation sites is 1. The van der Waals surface area contributed by atoms with Gasteiger partial charge in [-0.25, -0.2) is 4.39 Å². The van der Waals surface area contributed by atoms with Gasteiger partial charge in [-0.2, -0.15) is 0 Å². The van der Waals surface area contributed by atoms with Crippen LogP contribution >= 0.6 is 0 Å². The number of benzene rings is 2. The first-order valence-electron chi connectivity index (χ1n) is 6.47. The van der Waals surface area contributed by atoms with E-state index in [0.29, 0.717) is 13.1 Å². The Bertz CT molecular complexity index is 586. The third-order valence-corrected chi connectivity index (χ3v) is 3.27. The molecule has 0 aliphatic carbocycles. The largest absolute Gasteiger partial charge is 0.496 e. The Morgan fingerprint density at radius 1 is 1.15 bits per heavy atom. The monoisotopic (exact) mass is 274 g/mol. The van der Waals surface area contributed by atoms with Crippen molar-refractivity contribution in [3.8, 4) is 5.75 Å². The molecule has 2 N–H and O–H groups in total. The van der Waals surface area contributed by atoms with Crippen molar-refractivity contribution in [3.05, 3.63) is 59.4 Å². The lowest BCUT2D eigenvalue weighted by molar-refractivity contribution is 0.409. The van der Waals surface area contributed by atoms with Gasteiger partial charge < -0.3 is 15.4 Å². The van der Waals surface area contributed by atoms with Crippen LogP contribution in [0.4, 0.5) is 10.1 Å². The number of methoxy groups -OCH3 is 1. The van der Waals surface area contributed by atoms with Crippen molar-refractivity contribution in [2.24, 2.45) is 5.73 Å². The first kappa shape index (κ1) is 14.3. The summed E-state index contributed by atoms with van der Waals surface area (Å²) < 4.78 is 18.6. The maximum Gasteiger partial charge on any atom is 0.123 e. The van der Waals surface area contributed by atoms with Gasteiger partial charge in [0.2, 0.25) is 0 Å². The molecule has 0 aliphatic rings. The lowest BCUT2D eigenvalue weighted by Gasteiger charge is -2.23. The maximum absolute atomic E-state index is 13.2. The first-order valence-corrected chi connectivity index (χ1v) is 6.47. The molecule has 0 amide bonds. The molecule has 0 unspecified atom stereocenters. The van der Waals surface area contributed by atoms with Gasteiger partial charge in [0.15, 0.2) is 0 Å². The number of rotatable bonds is 5. The van der Waals surface area contributed by atoms with Crippen molar-refractivity contribution >= 4 is 5.69 Å². The molecule has 0 fully saturated rings. The van der Waals surface area contributed by atoms with Crippen LogP contribution in [-0.4, -0.2) is 14.2 Å². The number of nitrogens with zero attached hydrogens (tertiary/aromatic N) is 1. The summed E-state index contributed by atoms with van der Waals surface area (Å²) in [6.07, 6.45) is 0. The first-order chi connectivity index (χ1) is 9.65. The fourth-order valence-corrected chi connectivity index (χ4v) is 2.26. The minimum atomic E-state index is -0.264. The molecule has 0 aromatic heterocycles. The number of hydrogen-bond acceptors (Lipinski definition) is 3. The van der Waals surface area contributed by atoms with Crippen LogP contribution in [0.25, 0.3) is 0 Å². The quantitative estimate of drug-likeness (QED) is 0.911. The Balaban J connectivity index is 2.26. The molecule has 0 saturated heterocycles. The Kier molecular flexibility index (Phi) is 4.58. The van der Waals surface area contributed by atoms with Crippen molar-refractivity contribution in [1.29, 1.82) is 0 Å². The number of ether oxygens (including phenoxy) is 1. The average molecular weight is 274 g/mol. The van der Waals surface area contributed by atoms with E-state index in [1.807, 2.05) is 36.2 Å². The minimum Gasteiger partial charge on any atom is -0.496 e. The van der Waals surface area contributed by atoms with Gasteiger partial charge in [0.1, 0.15) is 11.6 Å². The van der Waals surface area contributed by atoms with Crippen molar-refractivity contribution in [1.82, 2.24) is 0 Å². The third-order valence-electron chi connectivity index (χ3n) is 3.27. The maximum atomic E-state index is 13.2. The van der Waals surface area contributed by atoms with E-state index in [9.17, 15) is 4.39 Å². The van der Waals surface area contributed by atoms with Gasteiger partial charge in [0.25, 0.3) is 0 Å². The summed E-state index contributed by atoms with van der Waals surface area (Å²) >= 11 is 0. The lowest BCUT2D eigenvalue weighted by atomic mass is 10.1. The highest BCUT2D eigenvalue weighted by molar-refractivity contribution is 5.54. The number of anilines is 1. The summed E-state index contributed by atoms with van der Waals surface area (Å²) in [4.78, 5) is 2.04. The predicted octanol–water partition coefficient (Wildman–Crippen LogP) is 2.93. The standard InChI is InChI=1S/C16H19FN2O/c1-19(11-12-5-3-4-6-16(12)20-2)15-8-7-14(17)9-13(15)10-18/h3-9H,10-11,18H2,1-2H3. The molecule has 0 saturated carbocycles. The van der Waals surface area contributed by atoms with Crippen LogP contribution < -0.4 is 15.4 Å². The van der Waals surface area contributed by atoms with Gasteiger partial charge in [-0.1, -0.05) is 18.2 Å². The zero-order valence-electron chi connectivity index (χ0n) is 11.8. The second-order valence-corrected chi connectivity index (χ2v) is 4.65. The third kappa shape index (κ3) is 3.08. The van der Waals surface area contributed by atoms with Crippen molar-refractivity contribution < 1.29 is 9.13 Å². The molecule has 2 rings (SSSR count). The molecule has 3 nitrogen and oxygen atoms in total. The Hall–Kier alpha value is -2.07. The summed E-state index contributed by atoms with van der Waals surface area (Å²) in [5.74, 6) is 0.579. The van der Waals surface area contributed by atoms with Crippen LogP contribution in [-0.2, 0) is 13.1 Å². The molecular formula is C16H19FN2O. The van der Waals surface area contributed by atoms with Crippen molar-refractivity contribution in [3.63, 3.8) is 0 Å². The predicted molar refractivity (Wildman–Crippen MR) is 79.4 cm³/mol. The topological polar surface area (TPSA) is 38.5 Å². The molecule has 0 atom stereocenters. The zero-order chi connectivity index (χ0) is 14.5. The number of halogens is 1. The van der Waals surface area contributed by atoms with E-state index in [4.69, 9.17) is 10.5 Å². The summed E-state index contributed by atoms with van der Waals surface area (Å²) in [5.41, 5.74) is 8.49. The smallest absolute Gasteiger partial charge is 0.123 e. The van der Waals surface area contributed by atoms with E-state index in [1.165, 1.54) is 12.1 Å². The molecular weight excluding hydrogens is 255 g/mol. The normalized spacial score (nSPS) is 10.4. The van der Waals surface area contributed by atoms with Crippen LogP contribution in [0.15, 0.2) is 42.5 Å². The Labute approximate surface area is 118 Å². The molecule has 0 radical (unpaired) electrons.